The number of nitrogens with zero attached hydrogens (tertiary/aromatic N) is 1. The van der Waals surface area contributed by atoms with Crippen molar-refractivity contribution in [1.29, 1.82) is 0 Å². The summed E-state index contributed by atoms with van der Waals surface area (Å²) in [5.74, 6) is 1.55. The summed E-state index contributed by atoms with van der Waals surface area (Å²) in [4.78, 5) is 13.9. The van der Waals surface area contributed by atoms with E-state index in [0.29, 0.717) is 0 Å². The highest BCUT2D eigenvalue weighted by molar-refractivity contribution is 5.75. The maximum atomic E-state index is 11.7. The quantitative estimate of drug-likeness (QED) is 0.625. The van der Waals surface area contributed by atoms with Gasteiger partial charge in [-0.15, -0.1) is 0 Å². The molecule has 0 radical (unpaired) electrons. The Morgan fingerprint density at radius 1 is 1.56 bits per heavy atom. The lowest BCUT2D eigenvalue weighted by atomic mass is 10.1. The Bertz CT molecular complexity index is 230. The number of carbonyl (C=O) groups excluding carboxylic acids is 1. The summed E-state index contributed by atoms with van der Waals surface area (Å²) >= 11 is 0. The Balaban J connectivity index is 2.42. The molecule has 0 aromatic heterocycles. The summed E-state index contributed by atoms with van der Waals surface area (Å²) in [6.07, 6.45) is 4.44. The van der Waals surface area contributed by atoms with Crippen LogP contribution in [0.4, 0.5) is 0 Å². The average molecular weight is 227 g/mol. The van der Waals surface area contributed by atoms with Crippen molar-refractivity contribution in [3.63, 3.8) is 0 Å². The van der Waals surface area contributed by atoms with E-state index < -0.39 is 0 Å². The minimum atomic E-state index is -0.0794. The zero-order valence-electron chi connectivity index (χ0n) is 11.0. The van der Waals surface area contributed by atoms with Gasteiger partial charge in [-0.1, -0.05) is 26.7 Å². The molecule has 16 heavy (non-hydrogen) atoms. The monoisotopic (exact) mass is 227 g/mol. The Kier molecular flexibility index (Phi) is 5.26. The lowest BCUT2D eigenvalue weighted by molar-refractivity contribution is -0.146. The van der Waals surface area contributed by atoms with Crippen LogP contribution in [0.25, 0.3) is 0 Å². The van der Waals surface area contributed by atoms with Gasteiger partial charge in [0.25, 0.3) is 0 Å². The molecule has 1 rings (SSSR count). The molecule has 0 saturated heterocycles. The number of hydrogen-bond acceptors (Lipinski definition) is 3. The van der Waals surface area contributed by atoms with Crippen LogP contribution in [0.15, 0.2) is 0 Å². The van der Waals surface area contributed by atoms with Crippen LogP contribution >= 0.6 is 0 Å². The predicted octanol–water partition coefficient (Wildman–Crippen LogP) is 2.31. The van der Waals surface area contributed by atoms with Crippen molar-refractivity contribution in [2.45, 2.75) is 45.6 Å². The van der Waals surface area contributed by atoms with Gasteiger partial charge >= 0.3 is 5.97 Å². The third-order valence-corrected chi connectivity index (χ3v) is 3.64. The molecular weight excluding hydrogens is 202 g/mol. The molecule has 0 bridgehead atoms. The number of methoxy groups -OCH3 is 1. The molecular formula is C13H25NO2. The minimum absolute atomic E-state index is 0.0438. The van der Waals surface area contributed by atoms with Crippen LogP contribution in [0.3, 0.4) is 0 Å². The molecule has 0 aliphatic heterocycles. The lowest BCUT2D eigenvalue weighted by Crippen LogP contribution is -2.40. The molecule has 94 valence electrons. The highest BCUT2D eigenvalue weighted by atomic mass is 16.5. The van der Waals surface area contributed by atoms with Crippen LogP contribution in [0.5, 0.6) is 0 Å². The molecule has 1 aliphatic rings. The Morgan fingerprint density at radius 3 is 2.62 bits per heavy atom. The largest absolute Gasteiger partial charge is 0.468 e. The number of ether oxygens (including phenoxy) is 1. The predicted molar refractivity (Wildman–Crippen MR) is 65.2 cm³/mol. The molecule has 1 saturated carbocycles. The molecule has 3 nitrogen and oxygen atoms in total. The minimum Gasteiger partial charge on any atom is -0.468 e. The third kappa shape index (κ3) is 3.78. The van der Waals surface area contributed by atoms with Gasteiger partial charge in [-0.2, -0.15) is 0 Å². The number of carbonyl (C=O) groups is 1. The lowest BCUT2D eigenvalue weighted by Gasteiger charge is -2.25. The maximum absolute atomic E-state index is 11.7. The topological polar surface area (TPSA) is 29.5 Å². The molecule has 3 atom stereocenters. The van der Waals surface area contributed by atoms with E-state index in [-0.39, 0.29) is 12.0 Å². The highest BCUT2D eigenvalue weighted by Crippen LogP contribution is 2.38. The van der Waals surface area contributed by atoms with E-state index in [4.69, 9.17) is 4.74 Å². The fourth-order valence-corrected chi connectivity index (χ4v) is 2.20. The summed E-state index contributed by atoms with van der Waals surface area (Å²) in [7, 11) is 3.52. The van der Waals surface area contributed by atoms with E-state index >= 15 is 0 Å². The first-order valence-corrected chi connectivity index (χ1v) is 6.38. The normalized spacial score (nSPS) is 25.6. The SMILES string of the molecule is CCCCC(C(=O)OC)N(C)CC1CC1C. The number of unbranched alkanes of at least 4 members (excludes halogenated alkanes) is 1. The first-order chi connectivity index (χ1) is 7.60. The van der Waals surface area contributed by atoms with Crippen molar-refractivity contribution < 1.29 is 9.53 Å². The number of likely N-dealkylation sites (N-methyl/N-ethyl adjacent to an activating group) is 1. The number of rotatable bonds is 7. The summed E-state index contributed by atoms with van der Waals surface area (Å²) in [5, 5.41) is 0. The van der Waals surface area contributed by atoms with Crippen molar-refractivity contribution in [2.75, 3.05) is 20.7 Å². The summed E-state index contributed by atoms with van der Waals surface area (Å²) in [6.45, 7) is 5.46. The maximum Gasteiger partial charge on any atom is 0.323 e. The average Bonchev–Trinajstić information content (AvgIpc) is 2.94. The summed E-state index contributed by atoms with van der Waals surface area (Å²) in [5.41, 5.74) is 0. The molecule has 1 aliphatic carbocycles. The van der Waals surface area contributed by atoms with Crippen molar-refractivity contribution in [3.05, 3.63) is 0 Å². The standard InChI is InChI=1S/C13H25NO2/c1-5-6-7-12(13(15)16-4)14(3)9-11-8-10(11)2/h10-12H,5-9H2,1-4H3. The van der Waals surface area contributed by atoms with Gasteiger partial charge in [-0.3, -0.25) is 9.69 Å². The van der Waals surface area contributed by atoms with Gasteiger partial charge in [0.1, 0.15) is 6.04 Å². The van der Waals surface area contributed by atoms with Crippen LogP contribution in [-0.4, -0.2) is 37.6 Å². The van der Waals surface area contributed by atoms with Gasteiger partial charge < -0.3 is 4.74 Å². The fourth-order valence-electron chi connectivity index (χ4n) is 2.20. The molecule has 1 fully saturated rings. The number of hydrogen-bond donors (Lipinski definition) is 0. The molecule has 0 heterocycles. The van der Waals surface area contributed by atoms with Crippen LogP contribution in [0.2, 0.25) is 0 Å². The van der Waals surface area contributed by atoms with Crippen LogP contribution in [0.1, 0.15) is 39.5 Å². The van der Waals surface area contributed by atoms with E-state index in [2.05, 4.69) is 18.7 Å². The first-order valence-electron chi connectivity index (χ1n) is 6.38. The zero-order valence-corrected chi connectivity index (χ0v) is 11.0. The van der Waals surface area contributed by atoms with Crippen LogP contribution in [-0.2, 0) is 9.53 Å². The second-order valence-electron chi connectivity index (χ2n) is 5.09. The Hall–Kier alpha value is -0.570. The van der Waals surface area contributed by atoms with Crippen LogP contribution < -0.4 is 0 Å². The molecule has 3 heteroatoms. The van der Waals surface area contributed by atoms with E-state index in [1.54, 1.807) is 0 Å². The van der Waals surface area contributed by atoms with Crippen molar-refractivity contribution in [1.82, 2.24) is 4.90 Å². The molecule has 0 amide bonds. The zero-order chi connectivity index (χ0) is 12.1. The molecule has 0 spiro atoms. The fraction of sp³-hybridized carbons (Fsp3) is 0.923. The van der Waals surface area contributed by atoms with Gasteiger partial charge in [0.15, 0.2) is 0 Å². The Morgan fingerprint density at radius 2 is 2.19 bits per heavy atom. The van der Waals surface area contributed by atoms with Crippen molar-refractivity contribution in [3.8, 4) is 0 Å². The van der Waals surface area contributed by atoms with Crippen molar-refractivity contribution >= 4 is 5.97 Å². The van der Waals surface area contributed by atoms with E-state index in [1.165, 1.54) is 13.5 Å². The van der Waals surface area contributed by atoms with Gasteiger partial charge in [-0.05, 0) is 31.7 Å². The molecule has 0 aromatic rings. The van der Waals surface area contributed by atoms with Crippen LogP contribution in [0, 0.1) is 11.8 Å². The summed E-state index contributed by atoms with van der Waals surface area (Å²) < 4.78 is 4.88. The first kappa shape index (κ1) is 13.5. The van der Waals surface area contributed by atoms with Gasteiger partial charge in [0, 0.05) is 6.54 Å². The van der Waals surface area contributed by atoms with E-state index in [0.717, 1.165) is 37.6 Å². The molecule has 3 unspecified atom stereocenters. The molecule has 0 N–H and O–H groups in total. The second-order valence-corrected chi connectivity index (χ2v) is 5.09. The van der Waals surface area contributed by atoms with Gasteiger partial charge in [-0.25, -0.2) is 0 Å². The van der Waals surface area contributed by atoms with Gasteiger partial charge in [0.2, 0.25) is 0 Å². The highest BCUT2D eigenvalue weighted by Gasteiger charge is 2.35. The molecule has 0 aromatic carbocycles. The second kappa shape index (κ2) is 6.24. The van der Waals surface area contributed by atoms with Crippen molar-refractivity contribution in [2.24, 2.45) is 11.8 Å². The smallest absolute Gasteiger partial charge is 0.323 e. The summed E-state index contributed by atoms with van der Waals surface area (Å²) in [6, 6.07) is -0.0438. The van der Waals surface area contributed by atoms with E-state index in [9.17, 15) is 4.79 Å². The Labute approximate surface area is 99.1 Å². The van der Waals surface area contributed by atoms with Gasteiger partial charge in [0.05, 0.1) is 7.11 Å². The third-order valence-electron chi connectivity index (χ3n) is 3.64. The van der Waals surface area contributed by atoms with E-state index in [1.807, 2.05) is 7.05 Å². The number of esters is 1.